The van der Waals surface area contributed by atoms with Gasteiger partial charge in [-0.3, -0.25) is 4.79 Å². The average molecular weight is 207 g/mol. The second kappa shape index (κ2) is 4.82. The van der Waals surface area contributed by atoms with E-state index in [-0.39, 0.29) is 6.42 Å². The summed E-state index contributed by atoms with van der Waals surface area (Å²) in [5.41, 5.74) is 3.56. The first-order valence-corrected chi connectivity index (χ1v) is 5.01. The molecular weight excluding hydrogens is 190 g/mol. The molecule has 1 N–H and O–H groups in total. The summed E-state index contributed by atoms with van der Waals surface area (Å²) in [5.74, 6) is -0.759. The van der Waals surface area contributed by atoms with Gasteiger partial charge in [-0.25, -0.2) is 0 Å². The lowest BCUT2D eigenvalue weighted by atomic mass is 10.1. The Kier molecular flexibility index (Phi) is 3.72. The summed E-state index contributed by atoms with van der Waals surface area (Å²) in [4.78, 5) is 12.4. The molecule has 0 aromatic heterocycles. The van der Waals surface area contributed by atoms with E-state index in [0.717, 1.165) is 5.69 Å². The predicted molar refractivity (Wildman–Crippen MR) is 61.4 cm³/mol. The molecule has 82 valence electrons. The minimum atomic E-state index is -0.759. The van der Waals surface area contributed by atoms with E-state index in [4.69, 9.17) is 5.11 Å². The van der Waals surface area contributed by atoms with Gasteiger partial charge in [0.25, 0.3) is 0 Å². The number of carboxylic acid groups (broad SMARTS) is 1. The number of aliphatic carboxylic acids is 1. The molecule has 0 radical (unpaired) electrons. The highest BCUT2D eigenvalue weighted by molar-refractivity contribution is 5.67. The summed E-state index contributed by atoms with van der Waals surface area (Å²) in [6, 6.07) is 6.16. The Labute approximate surface area is 90.3 Å². The number of carboxylic acids is 1. The molecule has 0 amide bonds. The topological polar surface area (TPSA) is 40.5 Å². The first-order valence-electron chi connectivity index (χ1n) is 5.01. The van der Waals surface area contributed by atoms with Crippen molar-refractivity contribution in [2.45, 2.75) is 20.3 Å². The summed E-state index contributed by atoms with van der Waals surface area (Å²) in [6.45, 7) is 4.66. The van der Waals surface area contributed by atoms with E-state index in [2.05, 4.69) is 26.0 Å². The van der Waals surface area contributed by atoms with Crippen LogP contribution in [0.5, 0.6) is 0 Å². The molecule has 0 heterocycles. The summed E-state index contributed by atoms with van der Waals surface area (Å²) >= 11 is 0. The first kappa shape index (κ1) is 11.6. The van der Waals surface area contributed by atoms with Crippen molar-refractivity contribution in [1.29, 1.82) is 0 Å². The Morgan fingerprint density at radius 1 is 1.33 bits per heavy atom. The van der Waals surface area contributed by atoms with Crippen LogP contribution < -0.4 is 4.90 Å². The van der Waals surface area contributed by atoms with E-state index in [1.165, 1.54) is 11.1 Å². The van der Waals surface area contributed by atoms with Crippen LogP contribution in [0, 0.1) is 13.8 Å². The second-order valence-corrected chi connectivity index (χ2v) is 3.83. The lowest BCUT2D eigenvalue weighted by molar-refractivity contribution is -0.136. The van der Waals surface area contributed by atoms with Crippen molar-refractivity contribution in [2.24, 2.45) is 0 Å². The number of hydrogen-bond acceptors (Lipinski definition) is 2. The Balaban J connectivity index is 2.69. The molecule has 1 rings (SSSR count). The van der Waals surface area contributed by atoms with Crippen molar-refractivity contribution in [3.63, 3.8) is 0 Å². The van der Waals surface area contributed by atoms with Crippen LogP contribution in [0.15, 0.2) is 18.2 Å². The van der Waals surface area contributed by atoms with Crippen LogP contribution in [0.1, 0.15) is 17.5 Å². The molecule has 0 aliphatic carbocycles. The van der Waals surface area contributed by atoms with Crippen LogP contribution in [0.2, 0.25) is 0 Å². The monoisotopic (exact) mass is 207 g/mol. The molecule has 0 bridgehead atoms. The van der Waals surface area contributed by atoms with Crippen molar-refractivity contribution in [2.75, 3.05) is 18.5 Å². The maximum atomic E-state index is 10.4. The largest absolute Gasteiger partial charge is 0.481 e. The summed E-state index contributed by atoms with van der Waals surface area (Å²) in [7, 11) is 1.91. The molecule has 0 atom stereocenters. The Morgan fingerprint density at radius 2 is 2.00 bits per heavy atom. The van der Waals surface area contributed by atoms with Gasteiger partial charge in [0.05, 0.1) is 6.42 Å². The fourth-order valence-corrected chi connectivity index (χ4v) is 1.36. The third kappa shape index (κ3) is 3.27. The quantitative estimate of drug-likeness (QED) is 0.823. The molecule has 0 unspecified atom stereocenters. The summed E-state index contributed by atoms with van der Waals surface area (Å²) in [6.07, 6.45) is 0.170. The number of hydrogen-bond donors (Lipinski definition) is 1. The molecule has 0 saturated heterocycles. The minimum absolute atomic E-state index is 0.170. The zero-order chi connectivity index (χ0) is 11.4. The molecule has 3 heteroatoms. The lowest BCUT2D eigenvalue weighted by Crippen LogP contribution is -2.20. The highest BCUT2D eigenvalue weighted by atomic mass is 16.4. The smallest absolute Gasteiger partial charge is 0.305 e. The lowest BCUT2D eigenvalue weighted by Gasteiger charge is -2.19. The van der Waals surface area contributed by atoms with Crippen LogP contribution in [0.3, 0.4) is 0 Å². The maximum Gasteiger partial charge on any atom is 0.305 e. The standard InChI is InChI=1S/C12H17NO2/c1-9-4-5-11(8-10(9)2)13(3)7-6-12(14)15/h4-5,8H,6-7H2,1-3H3,(H,14,15). The van der Waals surface area contributed by atoms with E-state index < -0.39 is 5.97 Å². The molecule has 0 aliphatic heterocycles. The number of nitrogens with zero attached hydrogens (tertiary/aromatic N) is 1. The fourth-order valence-electron chi connectivity index (χ4n) is 1.36. The van der Waals surface area contributed by atoms with E-state index in [1.807, 2.05) is 18.0 Å². The van der Waals surface area contributed by atoms with Gasteiger partial charge < -0.3 is 10.0 Å². The van der Waals surface area contributed by atoms with E-state index >= 15 is 0 Å². The van der Waals surface area contributed by atoms with E-state index in [9.17, 15) is 4.79 Å². The van der Waals surface area contributed by atoms with Crippen molar-refractivity contribution in [1.82, 2.24) is 0 Å². The van der Waals surface area contributed by atoms with Crippen molar-refractivity contribution >= 4 is 11.7 Å². The molecule has 1 aromatic carbocycles. The van der Waals surface area contributed by atoms with Crippen LogP contribution in [0.4, 0.5) is 5.69 Å². The zero-order valence-corrected chi connectivity index (χ0v) is 9.45. The predicted octanol–water partition coefficient (Wildman–Crippen LogP) is 2.21. The minimum Gasteiger partial charge on any atom is -0.481 e. The fraction of sp³-hybridized carbons (Fsp3) is 0.417. The van der Waals surface area contributed by atoms with Crippen molar-refractivity contribution in [3.8, 4) is 0 Å². The zero-order valence-electron chi connectivity index (χ0n) is 9.45. The number of anilines is 1. The molecule has 15 heavy (non-hydrogen) atoms. The van der Waals surface area contributed by atoms with Crippen molar-refractivity contribution < 1.29 is 9.90 Å². The maximum absolute atomic E-state index is 10.4. The average Bonchev–Trinajstić information content (AvgIpc) is 2.18. The van der Waals surface area contributed by atoms with Gasteiger partial charge in [0, 0.05) is 19.3 Å². The Hall–Kier alpha value is -1.51. The Bertz CT molecular complexity index is 361. The molecule has 0 spiro atoms. The van der Waals surface area contributed by atoms with Crippen LogP contribution >= 0.6 is 0 Å². The number of rotatable bonds is 4. The normalized spacial score (nSPS) is 10.1. The summed E-state index contributed by atoms with van der Waals surface area (Å²) in [5, 5.41) is 8.58. The number of aryl methyl sites for hydroxylation is 2. The van der Waals surface area contributed by atoms with Crippen LogP contribution in [-0.4, -0.2) is 24.7 Å². The molecule has 3 nitrogen and oxygen atoms in total. The molecular formula is C12H17NO2. The second-order valence-electron chi connectivity index (χ2n) is 3.83. The number of carbonyl (C=O) groups is 1. The van der Waals surface area contributed by atoms with Gasteiger partial charge in [-0.05, 0) is 37.1 Å². The van der Waals surface area contributed by atoms with E-state index in [1.54, 1.807) is 0 Å². The highest BCUT2D eigenvalue weighted by Crippen LogP contribution is 2.17. The van der Waals surface area contributed by atoms with Crippen LogP contribution in [-0.2, 0) is 4.79 Å². The van der Waals surface area contributed by atoms with Crippen LogP contribution in [0.25, 0.3) is 0 Å². The molecule has 0 fully saturated rings. The van der Waals surface area contributed by atoms with Gasteiger partial charge in [-0.15, -0.1) is 0 Å². The third-order valence-corrected chi connectivity index (χ3v) is 2.59. The van der Waals surface area contributed by atoms with E-state index in [0.29, 0.717) is 6.54 Å². The third-order valence-electron chi connectivity index (χ3n) is 2.59. The molecule has 0 saturated carbocycles. The van der Waals surface area contributed by atoms with Gasteiger partial charge in [-0.2, -0.15) is 0 Å². The Morgan fingerprint density at radius 3 is 2.53 bits per heavy atom. The SMILES string of the molecule is Cc1ccc(N(C)CCC(=O)O)cc1C. The van der Waals surface area contributed by atoms with Gasteiger partial charge in [-0.1, -0.05) is 6.07 Å². The van der Waals surface area contributed by atoms with Gasteiger partial charge >= 0.3 is 5.97 Å². The first-order chi connectivity index (χ1) is 7.00. The summed E-state index contributed by atoms with van der Waals surface area (Å²) < 4.78 is 0. The van der Waals surface area contributed by atoms with Crippen molar-refractivity contribution in [3.05, 3.63) is 29.3 Å². The molecule has 0 aliphatic rings. The number of benzene rings is 1. The van der Waals surface area contributed by atoms with Gasteiger partial charge in [0.1, 0.15) is 0 Å². The highest BCUT2D eigenvalue weighted by Gasteiger charge is 2.04. The van der Waals surface area contributed by atoms with Gasteiger partial charge in [0.15, 0.2) is 0 Å². The van der Waals surface area contributed by atoms with Gasteiger partial charge in [0.2, 0.25) is 0 Å². The molecule has 1 aromatic rings.